The van der Waals surface area contributed by atoms with Crippen LogP contribution in [0, 0.1) is 17.1 Å². The van der Waals surface area contributed by atoms with E-state index >= 15 is 0 Å². The van der Waals surface area contributed by atoms with E-state index < -0.39 is 11.8 Å². The lowest BCUT2D eigenvalue weighted by molar-refractivity contribution is -0.136. The first-order valence-electron chi connectivity index (χ1n) is 5.56. The third kappa shape index (κ3) is 2.77. The van der Waals surface area contributed by atoms with Crippen molar-refractivity contribution in [1.82, 2.24) is 4.98 Å². The van der Waals surface area contributed by atoms with Crippen LogP contribution in [0.5, 0.6) is 0 Å². The average molecular weight is 259 g/mol. The molecule has 0 atom stereocenters. The van der Waals surface area contributed by atoms with Gasteiger partial charge in [0.25, 0.3) is 0 Å². The molecule has 2 N–H and O–H groups in total. The van der Waals surface area contributed by atoms with E-state index in [4.69, 9.17) is 10.4 Å². The minimum atomic E-state index is -0.934. The van der Waals surface area contributed by atoms with Gasteiger partial charge in [-0.15, -0.1) is 0 Å². The molecule has 0 unspecified atom stereocenters. The molecule has 0 spiro atoms. The Labute approximate surface area is 108 Å². The first kappa shape index (κ1) is 12.8. The Morgan fingerprint density at radius 3 is 2.95 bits per heavy atom. The van der Waals surface area contributed by atoms with Crippen molar-refractivity contribution in [3.05, 3.63) is 35.8 Å². The molecule has 0 aliphatic rings. The van der Waals surface area contributed by atoms with Gasteiger partial charge in [0.2, 0.25) is 0 Å². The second kappa shape index (κ2) is 5.31. The van der Waals surface area contributed by atoms with E-state index in [0.29, 0.717) is 16.6 Å². The third-order valence-corrected chi connectivity index (χ3v) is 2.59. The molecule has 0 fully saturated rings. The van der Waals surface area contributed by atoms with Crippen molar-refractivity contribution in [3.63, 3.8) is 0 Å². The van der Waals surface area contributed by atoms with E-state index in [2.05, 4.69) is 10.3 Å². The van der Waals surface area contributed by atoms with Crippen molar-refractivity contribution in [2.24, 2.45) is 0 Å². The molecule has 19 heavy (non-hydrogen) atoms. The van der Waals surface area contributed by atoms with Crippen molar-refractivity contribution >= 4 is 22.6 Å². The summed E-state index contributed by atoms with van der Waals surface area (Å²) in [5, 5.41) is 21.0. The molecule has 0 amide bonds. The summed E-state index contributed by atoms with van der Waals surface area (Å²) in [6.07, 6.45) is 1.36. The predicted octanol–water partition coefficient (Wildman–Crippen LogP) is 2.13. The number of anilines is 1. The number of hydrogen-bond acceptors (Lipinski definition) is 4. The summed E-state index contributed by atoms with van der Waals surface area (Å²) in [6.45, 7) is 0.180. The minimum Gasteiger partial charge on any atom is -0.481 e. The van der Waals surface area contributed by atoms with Crippen molar-refractivity contribution in [1.29, 1.82) is 5.26 Å². The highest BCUT2D eigenvalue weighted by molar-refractivity contribution is 5.93. The molecule has 1 heterocycles. The molecular weight excluding hydrogens is 249 g/mol. The number of benzene rings is 1. The van der Waals surface area contributed by atoms with E-state index in [0.717, 1.165) is 6.07 Å². The average Bonchev–Trinajstić information content (AvgIpc) is 2.38. The van der Waals surface area contributed by atoms with Crippen LogP contribution >= 0.6 is 0 Å². The van der Waals surface area contributed by atoms with E-state index in [1.165, 1.54) is 18.3 Å². The molecule has 0 aliphatic heterocycles. The summed E-state index contributed by atoms with van der Waals surface area (Å²) in [5.74, 6) is -1.07. The van der Waals surface area contributed by atoms with Crippen LogP contribution in [0.1, 0.15) is 12.0 Å². The van der Waals surface area contributed by atoms with Gasteiger partial charge in [0.1, 0.15) is 11.6 Å². The maximum Gasteiger partial charge on any atom is 0.305 e. The number of nitrogens with zero attached hydrogens (tertiary/aromatic N) is 2. The molecule has 2 aromatic rings. The summed E-state index contributed by atoms with van der Waals surface area (Å²) in [4.78, 5) is 14.5. The number of rotatable bonds is 4. The zero-order chi connectivity index (χ0) is 13.8. The SMILES string of the molecule is N#Cc1cc(F)c2ccnc(NCCC(=O)O)c2c1. The Hall–Kier alpha value is -2.68. The summed E-state index contributed by atoms with van der Waals surface area (Å²) in [5.41, 5.74) is 0.194. The quantitative estimate of drug-likeness (QED) is 0.878. The Kier molecular flexibility index (Phi) is 3.57. The monoisotopic (exact) mass is 259 g/mol. The standard InChI is InChI=1S/C13H10FN3O2/c14-11-6-8(7-15)5-10-9(11)1-3-16-13(10)17-4-2-12(18)19/h1,3,5-6H,2,4H2,(H,16,17)(H,18,19). The van der Waals surface area contributed by atoms with E-state index in [9.17, 15) is 9.18 Å². The van der Waals surface area contributed by atoms with Crippen molar-refractivity contribution in [2.75, 3.05) is 11.9 Å². The number of carboxylic acid groups (broad SMARTS) is 1. The predicted molar refractivity (Wildman–Crippen MR) is 67.2 cm³/mol. The van der Waals surface area contributed by atoms with Gasteiger partial charge in [-0.05, 0) is 18.2 Å². The fourth-order valence-corrected chi connectivity index (χ4v) is 1.73. The van der Waals surface area contributed by atoms with Crippen LogP contribution < -0.4 is 5.32 Å². The second-order valence-electron chi connectivity index (χ2n) is 3.90. The summed E-state index contributed by atoms with van der Waals surface area (Å²) in [7, 11) is 0. The van der Waals surface area contributed by atoms with Crippen LogP contribution in [0.3, 0.4) is 0 Å². The molecule has 0 bridgehead atoms. The van der Waals surface area contributed by atoms with Gasteiger partial charge in [-0.1, -0.05) is 0 Å². The van der Waals surface area contributed by atoms with Gasteiger partial charge in [0.15, 0.2) is 0 Å². The number of hydrogen-bond donors (Lipinski definition) is 2. The van der Waals surface area contributed by atoms with Gasteiger partial charge < -0.3 is 10.4 Å². The third-order valence-electron chi connectivity index (χ3n) is 2.59. The smallest absolute Gasteiger partial charge is 0.305 e. The maximum absolute atomic E-state index is 13.8. The zero-order valence-electron chi connectivity index (χ0n) is 9.85. The second-order valence-corrected chi connectivity index (χ2v) is 3.90. The number of halogens is 1. The van der Waals surface area contributed by atoms with Crippen molar-refractivity contribution < 1.29 is 14.3 Å². The molecule has 0 aliphatic carbocycles. The largest absolute Gasteiger partial charge is 0.481 e. The lowest BCUT2D eigenvalue weighted by Gasteiger charge is -2.08. The molecule has 0 radical (unpaired) electrons. The number of fused-ring (bicyclic) bond motifs is 1. The van der Waals surface area contributed by atoms with Gasteiger partial charge in [0, 0.05) is 23.5 Å². The fourth-order valence-electron chi connectivity index (χ4n) is 1.73. The van der Waals surface area contributed by atoms with Crippen molar-refractivity contribution in [3.8, 4) is 6.07 Å². The van der Waals surface area contributed by atoms with Gasteiger partial charge in [-0.25, -0.2) is 9.37 Å². The Balaban J connectivity index is 2.41. The number of carbonyl (C=O) groups is 1. The van der Waals surface area contributed by atoms with E-state index in [1.807, 2.05) is 6.07 Å². The first-order chi connectivity index (χ1) is 9.11. The minimum absolute atomic E-state index is 0.0709. The first-order valence-corrected chi connectivity index (χ1v) is 5.56. The fraction of sp³-hybridized carbons (Fsp3) is 0.154. The molecule has 0 saturated carbocycles. The summed E-state index contributed by atoms with van der Waals surface area (Å²) < 4.78 is 13.8. The maximum atomic E-state index is 13.8. The Morgan fingerprint density at radius 1 is 1.47 bits per heavy atom. The highest BCUT2D eigenvalue weighted by atomic mass is 19.1. The number of aliphatic carboxylic acids is 1. The lowest BCUT2D eigenvalue weighted by Crippen LogP contribution is -2.09. The molecule has 2 rings (SSSR count). The Bertz CT molecular complexity index is 679. The number of nitrogens with one attached hydrogen (secondary N) is 1. The zero-order valence-corrected chi connectivity index (χ0v) is 9.85. The van der Waals surface area contributed by atoms with Crippen LogP contribution in [-0.4, -0.2) is 22.6 Å². The van der Waals surface area contributed by atoms with Gasteiger partial charge in [0.05, 0.1) is 18.1 Å². The van der Waals surface area contributed by atoms with Crippen LogP contribution in [-0.2, 0) is 4.79 Å². The van der Waals surface area contributed by atoms with Crippen LogP contribution in [0.15, 0.2) is 24.4 Å². The van der Waals surface area contributed by atoms with Crippen LogP contribution in [0.25, 0.3) is 10.8 Å². The number of aromatic nitrogens is 1. The lowest BCUT2D eigenvalue weighted by atomic mass is 10.1. The van der Waals surface area contributed by atoms with Crippen LogP contribution in [0.2, 0.25) is 0 Å². The van der Waals surface area contributed by atoms with E-state index in [-0.39, 0.29) is 18.5 Å². The van der Waals surface area contributed by atoms with Gasteiger partial charge in [-0.3, -0.25) is 4.79 Å². The van der Waals surface area contributed by atoms with Gasteiger partial charge in [-0.2, -0.15) is 5.26 Å². The Morgan fingerprint density at radius 2 is 2.26 bits per heavy atom. The van der Waals surface area contributed by atoms with Crippen LogP contribution in [0.4, 0.5) is 10.2 Å². The highest BCUT2D eigenvalue weighted by Crippen LogP contribution is 2.25. The van der Waals surface area contributed by atoms with Gasteiger partial charge >= 0.3 is 5.97 Å². The molecule has 96 valence electrons. The topological polar surface area (TPSA) is 86.0 Å². The molecule has 1 aromatic carbocycles. The molecular formula is C13H10FN3O2. The molecule has 6 heteroatoms. The summed E-state index contributed by atoms with van der Waals surface area (Å²) in [6, 6.07) is 6.06. The summed E-state index contributed by atoms with van der Waals surface area (Å²) >= 11 is 0. The number of pyridine rings is 1. The van der Waals surface area contributed by atoms with E-state index in [1.54, 1.807) is 0 Å². The van der Waals surface area contributed by atoms with Crippen molar-refractivity contribution in [2.45, 2.75) is 6.42 Å². The molecule has 1 aromatic heterocycles. The highest BCUT2D eigenvalue weighted by Gasteiger charge is 2.08. The normalized spacial score (nSPS) is 10.1. The molecule has 0 saturated heterocycles. The molecule has 5 nitrogen and oxygen atoms in total. The number of nitriles is 1. The number of carboxylic acids is 1.